The summed E-state index contributed by atoms with van der Waals surface area (Å²) in [7, 11) is 0. The summed E-state index contributed by atoms with van der Waals surface area (Å²) in [6.45, 7) is -0.342. The highest BCUT2D eigenvalue weighted by Gasteiger charge is 2.07. The summed E-state index contributed by atoms with van der Waals surface area (Å²) in [6.07, 6.45) is 0. The molecule has 2 aromatic rings. The molecular weight excluding hydrogens is 222 g/mol. The molecule has 1 aromatic carbocycles. The highest BCUT2D eigenvalue weighted by Crippen LogP contribution is 2.14. The van der Waals surface area contributed by atoms with Gasteiger partial charge in [0, 0.05) is 11.6 Å². The fourth-order valence-electron chi connectivity index (χ4n) is 1.50. The molecule has 1 N–H and O–H groups in total. The van der Waals surface area contributed by atoms with Crippen molar-refractivity contribution in [3.05, 3.63) is 57.3 Å². The summed E-state index contributed by atoms with van der Waals surface area (Å²) < 4.78 is 5.88. The van der Waals surface area contributed by atoms with Crippen molar-refractivity contribution in [2.24, 2.45) is 0 Å². The smallest absolute Gasteiger partial charge is 0.409 e. The van der Waals surface area contributed by atoms with Crippen molar-refractivity contribution in [2.45, 2.75) is 6.54 Å². The van der Waals surface area contributed by atoms with Gasteiger partial charge in [0.25, 0.3) is 5.56 Å². The van der Waals surface area contributed by atoms with Gasteiger partial charge in [-0.15, -0.1) is 0 Å². The van der Waals surface area contributed by atoms with Gasteiger partial charge < -0.3 is 9.52 Å². The number of rotatable bonds is 3. The number of aromatic nitrogens is 1. The molecule has 0 radical (unpaired) electrons. The molecule has 0 spiro atoms. The first kappa shape index (κ1) is 11.3. The maximum atomic E-state index is 11.6. The van der Waals surface area contributed by atoms with E-state index in [9.17, 15) is 9.59 Å². The minimum Gasteiger partial charge on any atom is -0.409 e. The van der Waals surface area contributed by atoms with Gasteiger partial charge in [-0.05, 0) is 0 Å². The Morgan fingerprint density at radius 3 is 2.47 bits per heavy atom. The number of hydrogen-bond acceptors (Lipinski definition) is 4. The summed E-state index contributed by atoms with van der Waals surface area (Å²) in [5.41, 5.74) is 0.187. The van der Waals surface area contributed by atoms with Gasteiger partial charge in [0.1, 0.15) is 5.76 Å². The summed E-state index contributed by atoms with van der Waals surface area (Å²) in [6, 6.07) is 10.1. The Morgan fingerprint density at radius 2 is 1.88 bits per heavy atom. The summed E-state index contributed by atoms with van der Waals surface area (Å²) in [5, 5.41) is 8.71. The lowest BCUT2D eigenvalue weighted by atomic mass is 10.2. The van der Waals surface area contributed by atoms with Crippen LogP contribution >= 0.6 is 0 Å². The third-order valence-electron chi connectivity index (χ3n) is 2.32. The van der Waals surface area contributed by atoms with Gasteiger partial charge in [0.15, 0.2) is 0 Å². The normalized spacial score (nSPS) is 10.4. The zero-order chi connectivity index (χ0) is 12.3. The molecule has 0 atom stereocenters. The van der Waals surface area contributed by atoms with Crippen molar-refractivity contribution in [3.8, 4) is 11.3 Å². The number of benzene rings is 1. The Kier molecular flexibility index (Phi) is 3.20. The standard InChI is InChI=1S/C12H11NO4/c14-7-6-13-11(15)8-10(17-12(13)16)9-4-2-1-3-5-9/h1-5,8,14H,6-7H2. The van der Waals surface area contributed by atoms with Crippen LogP contribution in [-0.2, 0) is 6.54 Å². The molecule has 17 heavy (non-hydrogen) atoms. The number of hydrogen-bond donors (Lipinski definition) is 1. The van der Waals surface area contributed by atoms with Crippen molar-refractivity contribution in [3.63, 3.8) is 0 Å². The lowest BCUT2D eigenvalue weighted by molar-refractivity contribution is 0.263. The minimum atomic E-state index is -0.759. The second kappa shape index (κ2) is 4.80. The topological polar surface area (TPSA) is 72.4 Å². The van der Waals surface area contributed by atoms with Crippen LogP contribution < -0.4 is 11.3 Å². The molecule has 1 heterocycles. The van der Waals surface area contributed by atoms with E-state index in [0.29, 0.717) is 5.56 Å². The van der Waals surface area contributed by atoms with E-state index >= 15 is 0 Å². The lowest BCUT2D eigenvalue weighted by Crippen LogP contribution is -2.33. The first-order valence-electron chi connectivity index (χ1n) is 5.13. The molecule has 0 unspecified atom stereocenters. The molecule has 5 nitrogen and oxygen atoms in total. The minimum absolute atomic E-state index is 0.0593. The highest BCUT2D eigenvalue weighted by atomic mass is 16.4. The highest BCUT2D eigenvalue weighted by molar-refractivity contribution is 5.55. The first-order valence-corrected chi connectivity index (χ1v) is 5.13. The monoisotopic (exact) mass is 233 g/mol. The Hall–Kier alpha value is -2.14. The number of aliphatic hydroxyl groups excluding tert-OH is 1. The van der Waals surface area contributed by atoms with Crippen LogP contribution in [0.25, 0.3) is 11.3 Å². The molecule has 0 amide bonds. The molecule has 0 fully saturated rings. The predicted octanol–water partition coefficient (Wildman–Crippen LogP) is 0.461. The molecule has 0 saturated heterocycles. The van der Waals surface area contributed by atoms with Gasteiger partial charge in [-0.2, -0.15) is 0 Å². The van der Waals surface area contributed by atoms with E-state index in [2.05, 4.69) is 0 Å². The molecule has 0 aliphatic heterocycles. The van der Waals surface area contributed by atoms with Crippen LogP contribution in [0.2, 0.25) is 0 Å². The SMILES string of the molecule is O=c1cc(-c2ccccc2)oc(=O)n1CCO. The summed E-state index contributed by atoms with van der Waals surface area (Å²) in [5.74, 6) is -0.528. The Morgan fingerprint density at radius 1 is 1.18 bits per heavy atom. The zero-order valence-electron chi connectivity index (χ0n) is 9.00. The Balaban J connectivity index is 2.54. The molecular formula is C12H11NO4. The van der Waals surface area contributed by atoms with Gasteiger partial charge >= 0.3 is 5.76 Å². The Bertz CT molecular complexity index is 581. The largest absolute Gasteiger partial charge is 0.422 e. The molecule has 5 heteroatoms. The molecule has 0 saturated carbocycles. The van der Waals surface area contributed by atoms with Gasteiger partial charge in [0.05, 0.1) is 13.2 Å². The zero-order valence-corrected chi connectivity index (χ0v) is 9.00. The fourth-order valence-corrected chi connectivity index (χ4v) is 1.50. The van der Waals surface area contributed by atoms with Crippen LogP contribution in [0.3, 0.4) is 0 Å². The van der Waals surface area contributed by atoms with E-state index in [4.69, 9.17) is 9.52 Å². The van der Waals surface area contributed by atoms with E-state index in [1.54, 1.807) is 24.3 Å². The van der Waals surface area contributed by atoms with Crippen LogP contribution in [0, 0.1) is 0 Å². The van der Waals surface area contributed by atoms with Gasteiger partial charge in [-0.3, -0.25) is 4.79 Å². The first-order chi connectivity index (χ1) is 8.22. The third kappa shape index (κ3) is 2.34. The predicted molar refractivity (Wildman–Crippen MR) is 61.8 cm³/mol. The number of aliphatic hydroxyl groups is 1. The molecule has 1 aromatic heterocycles. The van der Waals surface area contributed by atoms with E-state index in [1.165, 1.54) is 6.07 Å². The average molecular weight is 233 g/mol. The van der Waals surface area contributed by atoms with Crippen molar-refractivity contribution in [1.29, 1.82) is 0 Å². The quantitative estimate of drug-likeness (QED) is 0.836. The van der Waals surface area contributed by atoms with Crippen molar-refractivity contribution >= 4 is 0 Å². The van der Waals surface area contributed by atoms with E-state index < -0.39 is 11.3 Å². The second-order valence-electron chi connectivity index (χ2n) is 3.46. The lowest BCUT2D eigenvalue weighted by Gasteiger charge is -2.03. The van der Waals surface area contributed by atoms with Crippen molar-refractivity contribution in [1.82, 2.24) is 4.57 Å². The average Bonchev–Trinajstić information content (AvgIpc) is 2.35. The van der Waals surface area contributed by atoms with Gasteiger partial charge in [-0.25, -0.2) is 9.36 Å². The Labute approximate surface area is 96.6 Å². The van der Waals surface area contributed by atoms with Crippen molar-refractivity contribution in [2.75, 3.05) is 6.61 Å². The molecule has 0 aliphatic carbocycles. The maximum Gasteiger partial charge on any atom is 0.422 e. The van der Waals surface area contributed by atoms with E-state index in [1.807, 2.05) is 6.07 Å². The second-order valence-corrected chi connectivity index (χ2v) is 3.46. The molecule has 0 aliphatic rings. The van der Waals surface area contributed by atoms with Crippen LogP contribution in [0.15, 0.2) is 50.4 Å². The van der Waals surface area contributed by atoms with E-state index in [-0.39, 0.29) is 18.9 Å². The summed E-state index contributed by atoms with van der Waals surface area (Å²) >= 11 is 0. The molecule has 2 rings (SSSR count). The van der Waals surface area contributed by atoms with Crippen LogP contribution in [-0.4, -0.2) is 16.3 Å². The van der Waals surface area contributed by atoms with Crippen LogP contribution in [0.4, 0.5) is 0 Å². The molecule has 0 bridgehead atoms. The summed E-state index contributed by atoms with van der Waals surface area (Å²) in [4.78, 5) is 23.1. The van der Waals surface area contributed by atoms with Gasteiger partial charge in [-0.1, -0.05) is 30.3 Å². The van der Waals surface area contributed by atoms with Gasteiger partial charge in [0.2, 0.25) is 0 Å². The number of nitrogens with zero attached hydrogens (tertiary/aromatic N) is 1. The maximum absolute atomic E-state index is 11.6. The molecule has 88 valence electrons. The van der Waals surface area contributed by atoms with Crippen LogP contribution in [0.5, 0.6) is 0 Å². The van der Waals surface area contributed by atoms with Crippen molar-refractivity contribution < 1.29 is 9.52 Å². The van der Waals surface area contributed by atoms with Crippen LogP contribution in [0.1, 0.15) is 0 Å². The fraction of sp³-hybridized carbons (Fsp3) is 0.167. The third-order valence-corrected chi connectivity index (χ3v) is 2.32. The van der Waals surface area contributed by atoms with E-state index in [0.717, 1.165) is 4.57 Å².